The van der Waals surface area contributed by atoms with Crippen LogP contribution in [0, 0.1) is 0 Å². The van der Waals surface area contributed by atoms with Crippen LogP contribution in [0.4, 0.5) is 13.2 Å². The second kappa shape index (κ2) is 9.01. The zero-order chi connectivity index (χ0) is 14.8. The van der Waals surface area contributed by atoms with Crippen molar-refractivity contribution < 1.29 is 13.2 Å². The molecule has 0 unspecified atom stereocenters. The van der Waals surface area contributed by atoms with Crippen LogP contribution in [0.2, 0.25) is 0 Å². The Hall–Kier alpha value is -1.03. The van der Waals surface area contributed by atoms with E-state index in [1.54, 1.807) is 6.07 Å². The molecule has 0 aliphatic carbocycles. The fourth-order valence-corrected chi connectivity index (χ4v) is 2.12. The minimum atomic E-state index is -4.25. The number of hydrogen-bond acceptors (Lipinski definition) is 1. The van der Waals surface area contributed by atoms with E-state index in [-0.39, 0.29) is 0 Å². The normalized spacial score (nSPS) is 11.8. The first-order chi connectivity index (χ1) is 9.54. The van der Waals surface area contributed by atoms with Gasteiger partial charge < -0.3 is 5.32 Å². The van der Waals surface area contributed by atoms with E-state index in [1.807, 2.05) is 0 Å². The molecular formula is C16H24F3N. The predicted octanol–water partition coefficient (Wildman–Crippen LogP) is 5.16. The lowest BCUT2D eigenvalue weighted by atomic mass is 10.1. The number of rotatable bonds is 9. The fourth-order valence-electron chi connectivity index (χ4n) is 2.12. The third-order valence-electron chi connectivity index (χ3n) is 3.29. The minimum Gasteiger partial charge on any atom is -0.313 e. The van der Waals surface area contributed by atoms with E-state index in [2.05, 4.69) is 12.2 Å². The van der Waals surface area contributed by atoms with Crippen molar-refractivity contribution in [2.75, 3.05) is 6.54 Å². The van der Waals surface area contributed by atoms with Crippen molar-refractivity contribution in [3.63, 3.8) is 0 Å². The topological polar surface area (TPSA) is 12.0 Å². The third kappa shape index (κ3) is 6.94. The first kappa shape index (κ1) is 17.0. The van der Waals surface area contributed by atoms with Crippen LogP contribution in [0.1, 0.15) is 56.6 Å². The predicted molar refractivity (Wildman–Crippen MR) is 76.5 cm³/mol. The molecule has 20 heavy (non-hydrogen) atoms. The maximum absolute atomic E-state index is 12.5. The lowest BCUT2D eigenvalue weighted by Gasteiger charge is -2.09. The Balaban J connectivity index is 2.19. The van der Waals surface area contributed by atoms with Crippen molar-refractivity contribution in [2.24, 2.45) is 0 Å². The van der Waals surface area contributed by atoms with Gasteiger partial charge in [-0.2, -0.15) is 13.2 Å². The zero-order valence-electron chi connectivity index (χ0n) is 12.1. The van der Waals surface area contributed by atoms with Gasteiger partial charge in [0.25, 0.3) is 0 Å². The van der Waals surface area contributed by atoms with Crippen LogP contribution >= 0.6 is 0 Å². The molecule has 0 spiro atoms. The van der Waals surface area contributed by atoms with E-state index in [4.69, 9.17) is 0 Å². The van der Waals surface area contributed by atoms with Gasteiger partial charge in [-0.05, 0) is 24.6 Å². The van der Waals surface area contributed by atoms with Crippen LogP contribution in [-0.2, 0) is 12.7 Å². The van der Waals surface area contributed by atoms with E-state index in [0.717, 1.165) is 19.0 Å². The Morgan fingerprint density at radius 2 is 1.70 bits per heavy atom. The second-order valence-electron chi connectivity index (χ2n) is 5.14. The van der Waals surface area contributed by atoms with Crippen LogP contribution in [0.3, 0.4) is 0 Å². The molecule has 0 aliphatic heterocycles. The Morgan fingerprint density at radius 1 is 1.00 bits per heavy atom. The molecule has 4 heteroatoms. The van der Waals surface area contributed by atoms with E-state index in [1.165, 1.54) is 44.2 Å². The molecule has 0 heterocycles. The van der Waals surface area contributed by atoms with Crippen LogP contribution in [0.15, 0.2) is 24.3 Å². The summed E-state index contributed by atoms with van der Waals surface area (Å²) in [6.45, 7) is 3.55. The lowest BCUT2D eigenvalue weighted by molar-refractivity contribution is -0.137. The van der Waals surface area contributed by atoms with Crippen molar-refractivity contribution in [2.45, 2.75) is 58.2 Å². The summed E-state index contributed by atoms with van der Waals surface area (Å²) in [5.74, 6) is 0. The molecule has 0 aliphatic rings. The van der Waals surface area contributed by atoms with Crippen molar-refractivity contribution in [1.82, 2.24) is 5.32 Å². The van der Waals surface area contributed by atoms with Crippen LogP contribution in [0.5, 0.6) is 0 Å². The molecule has 0 aromatic heterocycles. The fraction of sp³-hybridized carbons (Fsp3) is 0.625. The Kier molecular flexibility index (Phi) is 7.67. The molecule has 1 nitrogen and oxygen atoms in total. The molecule has 0 saturated carbocycles. The summed E-state index contributed by atoms with van der Waals surface area (Å²) < 4.78 is 37.6. The summed E-state index contributed by atoms with van der Waals surface area (Å²) in [6.07, 6.45) is 3.09. The van der Waals surface area contributed by atoms with Gasteiger partial charge in [0.05, 0.1) is 5.56 Å². The SMILES string of the molecule is CCCCCCCCNCc1cccc(C(F)(F)F)c1. The molecule has 114 valence electrons. The molecular weight excluding hydrogens is 263 g/mol. The van der Waals surface area contributed by atoms with Gasteiger partial charge in [0, 0.05) is 6.54 Å². The minimum absolute atomic E-state index is 0.499. The van der Waals surface area contributed by atoms with Gasteiger partial charge >= 0.3 is 6.18 Å². The summed E-state index contributed by atoms with van der Waals surface area (Å²) in [6, 6.07) is 5.51. The average molecular weight is 287 g/mol. The van der Waals surface area contributed by atoms with E-state index in [9.17, 15) is 13.2 Å². The van der Waals surface area contributed by atoms with E-state index < -0.39 is 11.7 Å². The number of benzene rings is 1. The van der Waals surface area contributed by atoms with Gasteiger partial charge in [0.1, 0.15) is 0 Å². The van der Waals surface area contributed by atoms with Gasteiger partial charge in [-0.1, -0.05) is 57.2 Å². The summed E-state index contributed by atoms with van der Waals surface area (Å²) in [5, 5.41) is 3.20. The van der Waals surface area contributed by atoms with Crippen molar-refractivity contribution in [3.05, 3.63) is 35.4 Å². The Labute approximate surface area is 119 Å². The van der Waals surface area contributed by atoms with Crippen LogP contribution in [0.25, 0.3) is 0 Å². The molecule has 0 radical (unpaired) electrons. The van der Waals surface area contributed by atoms with Gasteiger partial charge in [-0.3, -0.25) is 0 Å². The number of hydrogen-bond donors (Lipinski definition) is 1. The van der Waals surface area contributed by atoms with Gasteiger partial charge in [-0.25, -0.2) is 0 Å². The first-order valence-electron chi connectivity index (χ1n) is 7.41. The Morgan fingerprint density at radius 3 is 2.40 bits per heavy atom. The Bertz CT molecular complexity index is 374. The zero-order valence-corrected chi connectivity index (χ0v) is 12.1. The smallest absolute Gasteiger partial charge is 0.313 e. The summed E-state index contributed by atoms with van der Waals surface area (Å²) in [5.41, 5.74) is 0.113. The van der Waals surface area contributed by atoms with Gasteiger partial charge in [0.2, 0.25) is 0 Å². The van der Waals surface area contributed by atoms with Crippen molar-refractivity contribution >= 4 is 0 Å². The highest BCUT2D eigenvalue weighted by Gasteiger charge is 2.30. The highest BCUT2D eigenvalue weighted by atomic mass is 19.4. The third-order valence-corrected chi connectivity index (χ3v) is 3.29. The summed E-state index contributed by atoms with van der Waals surface area (Å²) in [4.78, 5) is 0. The van der Waals surface area contributed by atoms with Crippen molar-refractivity contribution in [3.8, 4) is 0 Å². The molecule has 1 aromatic rings. The quantitative estimate of drug-likeness (QED) is 0.619. The maximum atomic E-state index is 12.5. The van der Waals surface area contributed by atoms with Gasteiger partial charge in [0.15, 0.2) is 0 Å². The monoisotopic (exact) mass is 287 g/mol. The average Bonchev–Trinajstić information content (AvgIpc) is 2.41. The lowest BCUT2D eigenvalue weighted by Crippen LogP contribution is -2.15. The second-order valence-corrected chi connectivity index (χ2v) is 5.14. The highest BCUT2D eigenvalue weighted by molar-refractivity contribution is 5.25. The van der Waals surface area contributed by atoms with Gasteiger partial charge in [-0.15, -0.1) is 0 Å². The highest BCUT2D eigenvalue weighted by Crippen LogP contribution is 2.29. The van der Waals surface area contributed by atoms with Crippen LogP contribution < -0.4 is 5.32 Å². The summed E-state index contributed by atoms with van der Waals surface area (Å²) in [7, 11) is 0. The molecule has 0 bridgehead atoms. The van der Waals surface area contributed by atoms with E-state index in [0.29, 0.717) is 12.1 Å². The van der Waals surface area contributed by atoms with E-state index >= 15 is 0 Å². The molecule has 0 atom stereocenters. The number of halogens is 3. The molecule has 1 aromatic carbocycles. The summed E-state index contributed by atoms with van der Waals surface area (Å²) >= 11 is 0. The van der Waals surface area contributed by atoms with Crippen LogP contribution in [-0.4, -0.2) is 6.54 Å². The molecule has 0 amide bonds. The number of nitrogens with one attached hydrogen (secondary N) is 1. The molecule has 1 rings (SSSR count). The molecule has 1 N–H and O–H groups in total. The number of unbranched alkanes of at least 4 members (excludes halogenated alkanes) is 5. The van der Waals surface area contributed by atoms with Crippen molar-refractivity contribution in [1.29, 1.82) is 0 Å². The molecule has 0 fully saturated rings. The largest absolute Gasteiger partial charge is 0.416 e. The molecule has 0 saturated heterocycles. The first-order valence-corrected chi connectivity index (χ1v) is 7.41. The maximum Gasteiger partial charge on any atom is 0.416 e. The number of alkyl halides is 3. The standard InChI is InChI=1S/C16H24F3N/c1-2-3-4-5-6-7-11-20-13-14-9-8-10-15(12-14)16(17,18)19/h8-10,12,20H,2-7,11,13H2,1H3.